The first-order chi connectivity index (χ1) is 18.5. The number of unbranched alkanes of at least 4 members (excludes halogenated alkanes) is 2. The van der Waals surface area contributed by atoms with Crippen molar-refractivity contribution in [3.8, 4) is 11.3 Å². The summed E-state index contributed by atoms with van der Waals surface area (Å²) in [6.45, 7) is 3.66. The summed E-state index contributed by atoms with van der Waals surface area (Å²) in [5, 5.41) is 10.6. The van der Waals surface area contributed by atoms with Crippen LogP contribution in [-0.4, -0.2) is 48.3 Å². The molecule has 1 aromatic heterocycles. The van der Waals surface area contributed by atoms with Gasteiger partial charge in [-0.1, -0.05) is 61.4 Å². The molecule has 0 spiro atoms. The zero-order valence-corrected chi connectivity index (χ0v) is 22.4. The molecule has 1 saturated heterocycles. The first-order valence-electron chi connectivity index (χ1n) is 14.0. The Balaban J connectivity index is 1.40. The summed E-state index contributed by atoms with van der Waals surface area (Å²) in [5.41, 5.74) is 4.43. The summed E-state index contributed by atoms with van der Waals surface area (Å²) >= 11 is 0. The largest absolute Gasteiger partial charge is 0.354 e. The number of benzene rings is 2. The molecular weight excluding hydrogens is 476 g/mol. The van der Waals surface area contributed by atoms with Crippen molar-refractivity contribution >= 4 is 28.5 Å². The first kappa shape index (κ1) is 27.6. The standard InChI is InChI=1S/C31H40N4O3/c1-22(36)11-4-2-7-17-28(35-30(37)24-14-10-19-32-21-24)31(38)33-20-18-26-25-15-8-9-16-27(25)34-29(26)23-12-5-3-6-13-23/h3,5-6,8-9,12-13,15-16,24,28,32,34H,2,4,7,10-11,14,17-21H2,1H3,(H,33,38)(H,35,37)/t24?,28-/m0/s1. The molecule has 3 aromatic rings. The second-order valence-electron chi connectivity index (χ2n) is 10.3. The van der Waals surface area contributed by atoms with Crippen LogP contribution in [0.15, 0.2) is 54.6 Å². The number of ketones is 1. The van der Waals surface area contributed by atoms with Crippen molar-refractivity contribution in [1.82, 2.24) is 20.9 Å². The fourth-order valence-corrected chi connectivity index (χ4v) is 5.28. The Morgan fingerprint density at radius 2 is 1.79 bits per heavy atom. The van der Waals surface area contributed by atoms with E-state index in [1.807, 2.05) is 30.3 Å². The minimum atomic E-state index is -0.571. The van der Waals surface area contributed by atoms with Gasteiger partial charge in [0, 0.05) is 36.1 Å². The number of aromatic amines is 1. The van der Waals surface area contributed by atoms with Crippen LogP contribution in [0.25, 0.3) is 22.2 Å². The van der Waals surface area contributed by atoms with Gasteiger partial charge >= 0.3 is 0 Å². The summed E-state index contributed by atoms with van der Waals surface area (Å²) < 4.78 is 0. The van der Waals surface area contributed by atoms with Gasteiger partial charge in [-0.25, -0.2) is 0 Å². The number of hydrogen-bond acceptors (Lipinski definition) is 4. The molecule has 1 aliphatic heterocycles. The van der Waals surface area contributed by atoms with E-state index in [9.17, 15) is 14.4 Å². The third kappa shape index (κ3) is 7.54. The third-order valence-electron chi connectivity index (χ3n) is 7.37. The summed E-state index contributed by atoms with van der Waals surface area (Å²) in [4.78, 5) is 41.0. The summed E-state index contributed by atoms with van der Waals surface area (Å²) in [6, 6.07) is 17.9. The highest BCUT2D eigenvalue weighted by atomic mass is 16.2. The van der Waals surface area contributed by atoms with Gasteiger partial charge in [-0.15, -0.1) is 0 Å². The number of hydrogen-bond donors (Lipinski definition) is 4. The number of rotatable bonds is 13. The van der Waals surface area contributed by atoms with Crippen LogP contribution in [0.1, 0.15) is 57.4 Å². The number of nitrogens with one attached hydrogen (secondary N) is 4. The van der Waals surface area contributed by atoms with Gasteiger partial charge in [-0.05, 0) is 62.8 Å². The topological polar surface area (TPSA) is 103 Å². The van der Waals surface area contributed by atoms with Crippen molar-refractivity contribution < 1.29 is 14.4 Å². The van der Waals surface area contributed by atoms with E-state index in [1.54, 1.807) is 6.92 Å². The molecule has 7 nitrogen and oxygen atoms in total. The van der Waals surface area contributed by atoms with E-state index >= 15 is 0 Å². The number of Topliss-reactive ketones (excluding diaryl/α,β-unsaturated/α-hetero) is 1. The molecule has 202 valence electrons. The Morgan fingerprint density at radius 1 is 1.00 bits per heavy atom. The number of piperidine rings is 1. The molecule has 4 rings (SSSR count). The van der Waals surface area contributed by atoms with Crippen LogP contribution < -0.4 is 16.0 Å². The third-order valence-corrected chi connectivity index (χ3v) is 7.37. The van der Waals surface area contributed by atoms with E-state index < -0.39 is 6.04 Å². The predicted molar refractivity (Wildman–Crippen MR) is 152 cm³/mol. The van der Waals surface area contributed by atoms with Crippen LogP contribution in [0, 0.1) is 5.92 Å². The maximum Gasteiger partial charge on any atom is 0.242 e. The van der Waals surface area contributed by atoms with Gasteiger partial charge < -0.3 is 25.7 Å². The summed E-state index contributed by atoms with van der Waals surface area (Å²) in [6.07, 6.45) is 6.07. The molecule has 0 saturated carbocycles. The Morgan fingerprint density at radius 3 is 2.55 bits per heavy atom. The molecule has 2 amide bonds. The Bertz CT molecular complexity index is 1210. The summed E-state index contributed by atoms with van der Waals surface area (Å²) in [5.74, 6) is -0.111. The molecule has 1 aliphatic rings. The lowest BCUT2D eigenvalue weighted by atomic mass is 9.97. The quantitative estimate of drug-likeness (QED) is 0.251. The molecule has 2 atom stereocenters. The van der Waals surface area contributed by atoms with Crippen LogP contribution in [-0.2, 0) is 20.8 Å². The van der Waals surface area contributed by atoms with Gasteiger partial charge in [-0.2, -0.15) is 0 Å². The number of H-pyrrole nitrogens is 1. The monoisotopic (exact) mass is 516 g/mol. The van der Waals surface area contributed by atoms with Crippen LogP contribution in [0.4, 0.5) is 0 Å². The minimum absolute atomic E-state index is 0.0518. The molecule has 0 bridgehead atoms. The molecule has 38 heavy (non-hydrogen) atoms. The van der Waals surface area contributed by atoms with E-state index in [4.69, 9.17) is 0 Å². The van der Waals surface area contributed by atoms with E-state index in [0.717, 1.165) is 60.8 Å². The Kier molecular flexibility index (Phi) is 10.1. The van der Waals surface area contributed by atoms with Gasteiger partial charge in [0.1, 0.15) is 11.8 Å². The van der Waals surface area contributed by atoms with Crippen LogP contribution in [0.2, 0.25) is 0 Å². The zero-order valence-electron chi connectivity index (χ0n) is 22.4. The van der Waals surface area contributed by atoms with Crippen molar-refractivity contribution in [2.24, 2.45) is 5.92 Å². The average Bonchev–Trinajstić information content (AvgIpc) is 3.31. The van der Waals surface area contributed by atoms with Crippen molar-refractivity contribution in [1.29, 1.82) is 0 Å². The van der Waals surface area contributed by atoms with E-state index in [2.05, 4.69) is 45.2 Å². The highest BCUT2D eigenvalue weighted by Crippen LogP contribution is 2.30. The fraction of sp³-hybridized carbons (Fsp3) is 0.452. The number of carbonyl (C=O) groups is 3. The van der Waals surface area contributed by atoms with Crippen molar-refractivity contribution in [2.45, 2.75) is 64.3 Å². The lowest BCUT2D eigenvalue weighted by molar-refractivity contribution is -0.131. The fourth-order valence-electron chi connectivity index (χ4n) is 5.28. The minimum Gasteiger partial charge on any atom is -0.354 e. The second kappa shape index (κ2) is 13.9. The Labute approximate surface area is 225 Å². The SMILES string of the molecule is CC(=O)CCCCC[C@H](NC(=O)C1CCCNC1)C(=O)NCCc1c(-c2ccccc2)[nH]c2ccccc12. The smallest absolute Gasteiger partial charge is 0.242 e. The normalized spacial score (nSPS) is 16.2. The first-order valence-corrected chi connectivity index (χ1v) is 14.0. The lowest BCUT2D eigenvalue weighted by Gasteiger charge is -2.25. The molecule has 7 heteroatoms. The number of para-hydroxylation sites is 1. The molecule has 0 radical (unpaired) electrons. The van der Waals surface area contributed by atoms with Crippen LogP contribution in [0.3, 0.4) is 0 Å². The van der Waals surface area contributed by atoms with Crippen molar-refractivity contribution in [3.05, 3.63) is 60.2 Å². The molecular formula is C31H40N4O3. The average molecular weight is 517 g/mol. The second-order valence-corrected chi connectivity index (χ2v) is 10.3. The summed E-state index contributed by atoms with van der Waals surface area (Å²) in [7, 11) is 0. The molecule has 2 aromatic carbocycles. The Hall–Kier alpha value is -3.45. The lowest BCUT2D eigenvalue weighted by Crippen LogP contribution is -2.50. The number of carbonyl (C=O) groups excluding carboxylic acids is 3. The number of fused-ring (bicyclic) bond motifs is 1. The highest BCUT2D eigenvalue weighted by molar-refractivity contribution is 5.91. The molecule has 0 aliphatic carbocycles. The predicted octanol–water partition coefficient (Wildman–Crippen LogP) is 4.52. The van der Waals surface area contributed by atoms with Gasteiger partial charge in [0.25, 0.3) is 0 Å². The van der Waals surface area contributed by atoms with Crippen LogP contribution >= 0.6 is 0 Å². The number of amides is 2. The molecule has 4 N–H and O–H groups in total. The molecule has 1 fully saturated rings. The van der Waals surface area contributed by atoms with Gasteiger partial charge in [-0.3, -0.25) is 9.59 Å². The maximum absolute atomic E-state index is 13.3. The van der Waals surface area contributed by atoms with E-state index in [1.165, 1.54) is 5.56 Å². The van der Waals surface area contributed by atoms with E-state index in [-0.39, 0.29) is 23.5 Å². The molecule has 1 unspecified atom stereocenters. The van der Waals surface area contributed by atoms with Gasteiger partial charge in [0.15, 0.2) is 0 Å². The van der Waals surface area contributed by atoms with Gasteiger partial charge in [0.05, 0.1) is 5.92 Å². The number of aromatic nitrogens is 1. The molecule has 2 heterocycles. The maximum atomic E-state index is 13.3. The van der Waals surface area contributed by atoms with Crippen LogP contribution in [0.5, 0.6) is 0 Å². The van der Waals surface area contributed by atoms with E-state index in [0.29, 0.717) is 32.4 Å². The van der Waals surface area contributed by atoms with Crippen molar-refractivity contribution in [2.75, 3.05) is 19.6 Å². The van der Waals surface area contributed by atoms with Crippen molar-refractivity contribution in [3.63, 3.8) is 0 Å². The van der Waals surface area contributed by atoms with Gasteiger partial charge in [0.2, 0.25) is 11.8 Å². The highest BCUT2D eigenvalue weighted by Gasteiger charge is 2.26. The zero-order chi connectivity index (χ0) is 26.7.